The van der Waals surface area contributed by atoms with Crippen molar-refractivity contribution in [3.8, 4) is 5.69 Å². The molecule has 136 valence electrons. The van der Waals surface area contributed by atoms with Crippen molar-refractivity contribution < 1.29 is 9.21 Å². The Kier molecular flexibility index (Phi) is 4.48. The molecule has 0 aliphatic rings. The number of hydrogen-bond acceptors (Lipinski definition) is 6. The minimum absolute atomic E-state index is 0.135. The summed E-state index contributed by atoms with van der Waals surface area (Å²) in [5, 5.41) is 13.8. The first-order valence-electron chi connectivity index (χ1n) is 8.42. The van der Waals surface area contributed by atoms with Crippen LogP contribution in [0, 0.1) is 0 Å². The molecule has 2 aromatic heterocycles. The molecule has 4 rings (SSSR count). The highest BCUT2D eigenvalue weighted by Gasteiger charge is 2.09. The molecule has 9 nitrogen and oxygen atoms in total. The Balaban J connectivity index is 1.37. The number of anilines is 1. The van der Waals surface area contributed by atoms with Gasteiger partial charge in [0.15, 0.2) is 5.58 Å². The molecule has 1 N–H and O–H groups in total. The van der Waals surface area contributed by atoms with Crippen molar-refractivity contribution >= 4 is 22.7 Å². The predicted molar refractivity (Wildman–Crippen MR) is 97.5 cm³/mol. The maximum absolute atomic E-state index is 12.2. The molecule has 1 amide bonds. The number of aryl methyl sites for hydroxylation is 1. The van der Waals surface area contributed by atoms with Crippen molar-refractivity contribution in [1.29, 1.82) is 0 Å². The Morgan fingerprint density at radius 1 is 1.15 bits per heavy atom. The number of amides is 1. The van der Waals surface area contributed by atoms with Crippen molar-refractivity contribution in [2.75, 3.05) is 5.32 Å². The molecule has 0 spiro atoms. The first kappa shape index (κ1) is 16.7. The molecule has 2 heterocycles. The average molecular weight is 364 g/mol. The summed E-state index contributed by atoms with van der Waals surface area (Å²) in [6.07, 6.45) is 2.27. The van der Waals surface area contributed by atoms with Gasteiger partial charge in [0, 0.05) is 18.7 Å². The molecule has 0 aliphatic carbocycles. The van der Waals surface area contributed by atoms with E-state index in [1.165, 1.54) is 11.0 Å². The number of carbonyl (C=O) groups is 1. The van der Waals surface area contributed by atoms with E-state index < -0.39 is 5.76 Å². The minimum Gasteiger partial charge on any atom is -0.408 e. The Bertz CT molecular complexity index is 1130. The van der Waals surface area contributed by atoms with Gasteiger partial charge in [-0.05, 0) is 47.2 Å². The fraction of sp³-hybridized carbons (Fsp3) is 0.167. The number of oxazole rings is 1. The third-order valence-corrected chi connectivity index (χ3v) is 4.10. The molecule has 0 aliphatic heterocycles. The van der Waals surface area contributed by atoms with Gasteiger partial charge in [0.25, 0.3) is 0 Å². The predicted octanol–water partition coefficient (Wildman–Crippen LogP) is 1.99. The normalized spacial score (nSPS) is 11.0. The molecular weight excluding hydrogens is 348 g/mol. The van der Waals surface area contributed by atoms with Gasteiger partial charge < -0.3 is 9.73 Å². The minimum atomic E-state index is -0.411. The average Bonchev–Trinajstić information content (AvgIpc) is 3.30. The van der Waals surface area contributed by atoms with Crippen molar-refractivity contribution in [1.82, 2.24) is 24.8 Å². The summed E-state index contributed by atoms with van der Waals surface area (Å²) >= 11 is 0. The number of nitrogens with one attached hydrogen (secondary N) is 1. The Morgan fingerprint density at radius 3 is 2.89 bits per heavy atom. The van der Waals surface area contributed by atoms with Gasteiger partial charge in [-0.25, -0.2) is 9.48 Å². The van der Waals surface area contributed by atoms with E-state index in [0.717, 1.165) is 11.2 Å². The van der Waals surface area contributed by atoms with Gasteiger partial charge >= 0.3 is 5.76 Å². The van der Waals surface area contributed by atoms with E-state index in [4.69, 9.17) is 4.42 Å². The largest absolute Gasteiger partial charge is 0.419 e. The fourth-order valence-electron chi connectivity index (χ4n) is 2.85. The lowest BCUT2D eigenvalue weighted by atomic mass is 10.2. The number of rotatable bonds is 6. The van der Waals surface area contributed by atoms with Crippen LogP contribution in [0.25, 0.3) is 16.8 Å². The van der Waals surface area contributed by atoms with Crippen LogP contribution in [-0.2, 0) is 11.3 Å². The van der Waals surface area contributed by atoms with Crippen LogP contribution in [0.2, 0.25) is 0 Å². The zero-order valence-electron chi connectivity index (χ0n) is 14.3. The highest BCUT2D eigenvalue weighted by Crippen LogP contribution is 2.15. The maximum atomic E-state index is 12.2. The number of tetrazole rings is 1. The molecule has 0 fully saturated rings. The van der Waals surface area contributed by atoms with Crippen LogP contribution in [0.15, 0.2) is 64.1 Å². The number of fused-ring (bicyclic) bond motifs is 1. The highest BCUT2D eigenvalue weighted by atomic mass is 16.4. The van der Waals surface area contributed by atoms with Gasteiger partial charge in [0.1, 0.15) is 6.33 Å². The van der Waals surface area contributed by atoms with E-state index in [1.54, 1.807) is 22.8 Å². The lowest BCUT2D eigenvalue weighted by molar-refractivity contribution is -0.116. The Hall–Kier alpha value is -3.75. The number of aromatic nitrogens is 5. The van der Waals surface area contributed by atoms with Crippen LogP contribution in [0.4, 0.5) is 5.69 Å². The number of carbonyl (C=O) groups excluding carboxylic acids is 1. The van der Waals surface area contributed by atoms with Gasteiger partial charge in [0.2, 0.25) is 5.91 Å². The summed E-state index contributed by atoms with van der Waals surface area (Å²) in [6.45, 7) is 0.411. The summed E-state index contributed by atoms with van der Waals surface area (Å²) in [4.78, 5) is 24.2. The number of benzene rings is 2. The van der Waals surface area contributed by atoms with E-state index >= 15 is 0 Å². The van der Waals surface area contributed by atoms with E-state index in [-0.39, 0.29) is 12.3 Å². The topological polar surface area (TPSA) is 108 Å². The lowest BCUT2D eigenvalue weighted by Crippen LogP contribution is -2.17. The van der Waals surface area contributed by atoms with Gasteiger partial charge in [-0.15, -0.1) is 5.10 Å². The van der Waals surface area contributed by atoms with Crippen LogP contribution in [0.1, 0.15) is 12.8 Å². The monoisotopic (exact) mass is 364 g/mol. The van der Waals surface area contributed by atoms with Gasteiger partial charge in [-0.3, -0.25) is 9.36 Å². The molecular formula is C18H16N6O3. The fourth-order valence-corrected chi connectivity index (χ4v) is 2.85. The molecule has 0 radical (unpaired) electrons. The number of para-hydroxylation sites is 2. The van der Waals surface area contributed by atoms with Crippen molar-refractivity contribution in [2.24, 2.45) is 0 Å². The van der Waals surface area contributed by atoms with Crippen LogP contribution < -0.4 is 11.1 Å². The first-order chi connectivity index (χ1) is 13.2. The smallest absolute Gasteiger partial charge is 0.408 e. The Labute approximate surface area is 153 Å². The zero-order chi connectivity index (χ0) is 18.6. The van der Waals surface area contributed by atoms with E-state index in [1.807, 2.05) is 30.3 Å². The standard InChI is InChI=1S/C18H16N6O3/c25-17(20-13-5-3-6-14(11-13)24-12-19-21-22-24)9-4-10-23-15-7-1-2-8-16(15)27-18(23)26/h1-3,5-8,11-12H,4,9-10H2,(H,20,25). The number of nitrogens with zero attached hydrogens (tertiary/aromatic N) is 5. The van der Waals surface area contributed by atoms with Gasteiger partial charge in [0.05, 0.1) is 11.2 Å². The second-order valence-electron chi connectivity index (χ2n) is 5.94. The van der Waals surface area contributed by atoms with Crippen molar-refractivity contribution in [3.63, 3.8) is 0 Å². The summed E-state index contributed by atoms with van der Waals surface area (Å²) in [5.41, 5.74) is 2.68. The second-order valence-corrected chi connectivity index (χ2v) is 5.94. The summed E-state index contributed by atoms with van der Waals surface area (Å²) in [7, 11) is 0. The van der Waals surface area contributed by atoms with E-state index in [0.29, 0.717) is 24.2 Å². The Morgan fingerprint density at radius 2 is 2.04 bits per heavy atom. The van der Waals surface area contributed by atoms with Gasteiger partial charge in [-0.1, -0.05) is 18.2 Å². The summed E-state index contributed by atoms with van der Waals surface area (Å²) in [5.74, 6) is -0.546. The SMILES string of the molecule is O=C(CCCn1c(=O)oc2ccccc21)Nc1cccc(-n2cnnn2)c1. The third-order valence-electron chi connectivity index (χ3n) is 4.10. The van der Waals surface area contributed by atoms with Crippen LogP contribution >= 0.6 is 0 Å². The molecule has 4 aromatic rings. The molecule has 27 heavy (non-hydrogen) atoms. The maximum Gasteiger partial charge on any atom is 0.419 e. The van der Waals surface area contributed by atoms with Crippen LogP contribution in [0.5, 0.6) is 0 Å². The molecule has 0 bridgehead atoms. The molecule has 2 aromatic carbocycles. The summed E-state index contributed by atoms with van der Waals surface area (Å²) < 4.78 is 8.24. The molecule has 0 unspecified atom stereocenters. The van der Waals surface area contributed by atoms with E-state index in [9.17, 15) is 9.59 Å². The van der Waals surface area contributed by atoms with Gasteiger partial charge in [-0.2, -0.15) is 0 Å². The first-order valence-corrected chi connectivity index (χ1v) is 8.42. The summed E-state index contributed by atoms with van der Waals surface area (Å²) in [6, 6.07) is 14.4. The molecule has 0 saturated heterocycles. The number of hydrogen-bond donors (Lipinski definition) is 1. The lowest BCUT2D eigenvalue weighted by Gasteiger charge is -2.07. The third kappa shape index (κ3) is 3.61. The quantitative estimate of drug-likeness (QED) is 0.560. The zero-order valence-corrected chi connectivity index (χ0v) is 14.3. The van der Waals surface area contributed by atoms with Crippen molar-refractivity contribution in [2.45, 2.75) is 19.4 Å². The molecule has 0 saturated carbocycles. The molecule has 9 heteroatoms. The van der Waals surface area contributed by atoms with Crippen LogP contribution in [-0.4, -0.2) is 30.7 Å². The highest BCUT2D eigenvalue weighted by molar-refractivity contribution is 5.90. The van der Waals surface area contributed by atoms with Crippen molar-refractivity contribution in [3.05, 3.63) is 65.4 Å². The van der Waals surface area contributed by atoms with E-state index in [2.05, 4.69) is 20.8 Å². The molecule has 0 atom stereocenters. The second kappa shape index (κ2) is 7.24. The van der Waals surface area contributed by atoms with Crippen LogP contribution in [0.3, 0.4) is 0 Å².